The summed E-state index contributed by atoms with van der Waals surface area (Å²) < 4.78 is 42.3. The third-order valence-corrected chi connectivity index (χ3v) is 2.64. The maximum atomic E-state index is 12.5. The highest BCUT2D eigenvalue weighted by atomic mass is 19.4. The third kappa shape index (κ3) is 3.29. The van der Waals surface area contributed by atoms with Gasteiger partial charge in [0, 0.05) is 0 Å². The van der Waals surface area contributed by atoms with Gasteiger partial charge in [-0.2, -0.15) is 13.2 Å². The van der Waals surface area contributed by atoms with Gasteiger partial charge in [0.25, 0.3) is 0 Å². The number of methoxy groups -OCH3 is 1. The van der Waals surface area contributed by atoms with Gasteiger partial charge in [-0.3, -0.25) is 10.1 Å². The molecule has 1 atom stereocenters. The Bertz CT molecular complexity index is 503. The van der Waals surface area contributed by atoms with E-state index < -0.39 is 28.9 Å². The van der Waals surface area contributed by atoms with Crippen molar-refractivity contribution in [2.45, 2.75) is 18.7 Å². The Morgan fingerprint density at radius 2 is 2.05 bits per heavy atom. The molecule has 112 valence electrons. The summed E-state index contributed by atoms with van der Waals surface area (Å²) in [4.78, 5) is 10.1. The first-order valence-corrected chi connectivity index (χ1v) is 5.44. The zero-order valence-electron chi connectivity index (χ0n) is 10.7. The molecule has 1 aromatic rings. The number of nitro groups is 1. The first kappa shape index (κ1) is 16.0. The lowest BCUT2D eigenvalue weighted by atomic mass is 10.1. The number of halogens is 3. The van der Waals surface area contributed by atoms with Gasteiger partial charge in [-0.25, -0.2) is 0 Å². The van der Waals surface area contributed by atoms with Crippen LogP contribution < -0.4 is 10.1 Å². The van der Waals surface area contributed by atoms with E-state index in [2.05, 4.69) is 5.32 Å². The van der Waals surface area contributed by atoms with Gasteiger partial charge in [0.2, 0.25) is 0 Å². The van der Waals surface area contributed by atoms with E-state index >= 15 is 0 Å². The third-order valence-electron chi connectivity index (χ3n) is 2.64. The zero-order valence-corrected chi connectivity index (χ0v) is 10.7. The summed E-state index contributed by atoms with van der Waals surface area (Å²) in [7, 11) is 1.21. The molecule has 0 spiro atoms. The molecule has 0 amide bonds. The number of ether oxygens (including phenoxy) is 1. The van der Waals surface area contributed by atoms with E-state index in [0.29, 0.717) is 6.92 Å². The molecular formula is C11H13F3N2O4. The molecular weight excluding hydrogens is 281 g/mol. The standard InChI is InChI=1S/C11H13F3N2O4/c1-10(17,11(12,13)14)6-15-7-4-3-5-8(20-2)9(7)16(18)19/h3-5,15,17H,6H2,1-2H3. The summed E-state index contributed by atoms with van der Waals surface area (Å²) in [6.45, 7) is -0.351. The van der Waals surface area contributed by atoms with Crippen LogP contribution in [-0.4, -0.2) is 35.5 Å². The molecule has 0 heterocycles. The summed E-state index contributed by atoms with van der Waals surface area (Å²) in [6.07, 6.45) is -4.85. The largest absolute Gasteiger partial charge is 0.490 e. The summed E-state index contributed by atoms with van der Waals surface area (Å²) >= 11 is 0. The van der Waals surface area contributed by atoms with Crippen LogP contribution in [0.4, 0.5) is 24.5 Å². The SMILES string of the molecule is COc1cccc(NCC(C)(O)C(F)(F)F)c1[N+](=O)[O-]. The quantitative estimate of drug-likeness (QED) is 0.643. The first-order chi connectivity index (χ1) is 9.10. The van der Waals surface area contributed by atoms with Crippen LogP contribution in [-0.2, 0) is 0 Å². The molecule has 0 aliphatic heterocycles. The molecule has 1 aromatic carbocycles. The topological polar surface area (TPSA) is 84.6 Å². The Hall–Kier alpha value is -2.03. The Kier molecular flexibility index (Phi) is 4.43. The van der Waals surface area contributed by atoms with Gasteiger partial charge >= 0.3 is 11.9 Å². The monoisotopic (exact) mass is 294 g/mol. The summed E-state index contributed by atoms with van der Waals surface area (Å²) in [5, 5.41) is 22.4. The number of nitrogens with one attached hydrogen (secondary N) is 1. The van der Waals surface area contributed by atoms with Gasteiger partial charge < -0.3 is 15.2 Å². The van der Waals surface area contributed by atoms with Crippen LogP contribution in [0.2, 0.25) is 0 Å². The molecule has 0 aliphatic rings. The fourth-order valence-corrected chi connectivity index (χ4v) is 1.39. The normalized spacial score (nSPS) is 14.5. The lowest BCUT2D eigenvalue weighted by Gasteiger charge is -2.26. The molecule has 0 aliphatic carbocycles. The molecule has 1 rings (SSSR count). The van der Waals surface area contributed by atoms with Crippen LogP contribution in [0.25, 0.3) is 0 Å². The molecule has 0 bridgehead atoms. The van der Waals surface area contributed by atoms with Gasteiger partial charge in [0.05, 0.1) is 18.6 Å². The van der Waals surface area contributed by atoms with E-state index in [-0.39, 0.29) is 11.4 Å². The second-order valence-corrected chi connectivity index (χ2v) is 4.24. The number of rotatable bonds is 5. The minimum Gasteiger partial charge on any atom is -0.490 e. The highest BCUT2D eigenvalue weighted by Gasteiger charge is 2.49. The maximum absolute atomic E-state index is 12.5. The number of anilines is 1. The van der Waals surface area contributed by atoms with Crippen LogP contribution in [0, 0.1) is 10.1 Å². The van der Waals surface area contributed by atoms with Crippen molar-refractivity contribution in [2.75, 3.05) is 19.0 Å². The van der Waals surface area contributed by atoms with E-state index in [1.807, 2.05) is 0 Å². The number of nitrogens with zero attached hydrogens (tertiary/aromatic N) is 1. The van der Waals surface area contributed by atoms with Crippen molar-refractivity contribution < 1.29 is 27.9 Å². The van der Waals surface area contributed by atoms with Crippen LogP contribution >= 0.6 is 0 Å². The highest BCUT2D eigenvalue weighted by Crippen LogP contribution is 2.36. The molecule has 9 heteroatoms. The van der Waals surface area contributed by atoms with Crippen molar-refractivity contribution >= 4 is 11.4 Å². The number of alkyl halides is 3. The lowest BCUT2D eigenvalue weighted by Crippen LogP contribution is -2.47. The predicted molar refractivity (Wildman–Crippen MR) is 64.8 cm³/mol. The van der Waals surface area contributed by atoms with Crippen LogP contribution in [0.5, 0.6) is 5.75 Å². The van der Waals surface area contributed by atoms with E-state index in [4.69, 9.17) is 4.74 Å². The number of hydrogen-bond acceptors (Lipinski definition) is 5. The molecule has 0 radical (unpaired) electrons. The second kappa shape index (κ2) is 5.53. The molecule has 0 saturated heterocycles. The highest BCUT2D eigenvalue weighted by molar-refractivity contribution is 5.68. The predicted octanol–water partition coefficient (Wildman–Crippen LogP) is 2.33. The van der Waals surface area contributed by atoms with Crippen LogP contribution in [0.15, 0.2) is 18.2 Å². The number of aliphatic hydroxyl groups is 1. The van der Waals surface area contributed by atoms with Gasteiger partial charge in [-0.15, -0.1) is 0 Å². The van der Waals surface area contributed by atoms with E-state index in [0.717, 1.165) is 0 Å². The Morgan fingerprint density at radius 3 is 2.50 bits per heavy atom. The lowest BCUT2D eigenvalue weighted by molar-refractivity contribution is -0.384. The minimum atomic E-state index is -4.85. The molecule has 1 unspecified atom stereocenters. The smallest absolute Gasteiger partial charge is 0.418 e. The van der Waals surface area contributed by atoms with E-state index in [9.17, 15) is 28.4 Å². The van der Waals surface area contributed by atoms with Crippen molar-refractivity contribution in [1.29, 1.82) is 0 Å². The van der Waals surface area contributed by atoms with Crippen molar-refractivity contribution in [3.05, 3.63) is 28.3 Å². The Labute approximate surface area is 112 Å². The Morgan fingerprint density at radius 1 is 1.45 bits per heavy atom. The number of hydrogen-bond donors (Lipinski definition) is 2. The molecule has 0 fully saturated rings. The minimum absolute atomic E-state index is 0.0911. The van der Waals surface area contributed by atoms with Crippen LogP contribution in [0.1, 0.15) is 6.92 Å². The van der Waals surface area contributed by atoms with Crippen molar-refractivity contribution in [3.63, 3.8) is 0 Å². The summed E-state index contributed by atoms with van der Waals surface area (Å²) in [5.41, 5.74) is -3.67. The van der Waals surface area contributed by atoms with Gasteiger partial charge in [-0.05, 0) is 19.1 Å². The van der Waals surface area contributed by atoms with Crippen LogP contribution in [0.3, 0.4) is 0 Å². The Balaban J connectivity index is 3.02. The molecule has 0 saturated carbocycles. The second-order valence-electron chi connectivity index (χ2n) is 4.24. The van der Waals surface area contributed by atoms with E-state index in [1.165, 1.54) is 25.3 Å². The fraction of sp³-hybridized carbons (Fsp3) is 0.455. The average molecular weight is 294 g/mol. The summed E-state index contributed by atoms with van der Waals surface area (Å²) in [6, 6.07) is 3.93. The molecule has 2 N–H and O–H groups in total. The number of benzene rings is 1. The molecule has 0 aromatic heterocycles. The average Bonchev–Trinajstić information content (AvgIpc) is 2.34. The van der Waals surface area contributed by atoms with E-state index in [1.54, 1.807) is 0 Å². The molecule has 20 heavy (non-hydrogen) atoms. The van der Waals surface area contributed by atoms with Gasteiger partial charge in [0.1, 0.15) is 5.69 Å². The maximum Gasteiger partial charge on any atom is 0.418 e. The fourth-order valence-electron chi connectivity index (χ4n) is 1.39. The molecule has 6 nitrogen and oxygen atoms in total. The summed E-state index contributed by atoms with van der Waals surface area (Å²) in [5.74, 6) is -0.0911. The van der Waals surface area contributed by atoms with Gasteiger partial charge in [-0.1, -0.05) is 6.07 Å². The van der Waals surface area contributed by atoms with Crippen molar-refractivity contribution in [2.24, 2.45) is 0 Å². The number of nitro benzene ring substituents is 1. The number of para-hydroxylation sites is 1. The van der Waals surface area contributed by atoms with Crippen molar-refractivity contribution in [3.8, 4) is 5.75 Å². The zero-order chi connectivity index (χ0) is 15.6. The first-order valence-electron chi connectivity index (χ1n) is 5.44. The van der Waals surface area contributed by atoms with Crippen molar-refractivity contribution in [1.82, 2.24) is 0 Å². The van der Waals surface area contributed by atoms with Gasteiger partial charge in [0.15, 0.2) is 11.4 Å².